The summed E-state index contributed by atoms with van der Waals surface area (Å²) in [5.74, 6) is 0. The van der Waals surface area contributed by atoms with Crippen molar-refractivity contribution in [1.82, 2.24) is 0 Å². The molecule has 0 spiro atoms. The van der Waals surface area contributed by atoms with Crippen LogP contribution >= 0.6 is 0 Å². The van der Waals surface area contributed by atoms with Crippen molar-refractivity contribution in [3.05, 3.63) is 33.9 Å². The molecule has 1 aliphatic heterocycles. The Balaban J connectivity index is 2.38. The average molecular weight is 278 g/mol. The quantitative estimate of drug-likeness (QED) is 0.518. The highest BCUT2D eigenvalue weighted by Gasteiger charge is 2.23. The predicted molar refractivity (Wildman–Crippen MR) is 75.2 cm³/mol. The Morgan fingerprint density at radius 3 is 2.85 bits per heavy atom. The lowest BCUT2D eigenvalue weighted by Gasteiger charge is -2.31. The number of nitrogens with zero attached hydrogens (tertiary/aromatic N) is 2. The van der Waals surface area contributed by atoms with Crippen LogP contribution in [0.15, 0.2) is 18.2 Å². The van der Waals surface area contributed by atoms with E-state index in [-0.39, 0.29) is 18.3 Å². The van der Waals surface area contributed by atoms with E-state index in [1.807, 2.05) is 4.90 Å². The minimum absolute atomic E-state index is 0.0231. The van der Waals surface area contributed by atoms with Gasteiger partial charge in [0, 0.05) is 29.9 Å². The van der Waals surface area contributed by atoms with E-state index in [4.69, 9.17) is 0 Å². The van der Waals surface area contributed by atoms with Crippen molar-refractivity contribution in [3.63, 3.8) is 0 Å². The van der Waals surface area contributed by atoms with E-state index < -0.39 is 4.92 Å². The van der Waals surface area contributed by atoms with Gasteiger partial charge in [0.15, 0.2) is 6.29 Å². The molecule has 1 aliphatic rings. The number of benzene rings is 1. The number of nitro groups is 1. The third-order valence-corrected chi connectivity index (χ3v) is 3.75. The first-order valence-electron chi connectivity index (χ1n) is 6.78. The third-order valence-electron chi connectivity index (χ3n) is 3.75. The highest BCUT2D eigenvalue weighted by Crippen LogP contribution is 2.29. The molecule has 0 radical (unpaired) electrons. The smallest absolute Gasteiger partial charge is 0.270 e. The van der Waals surface area contributed by atoms with E-state index in [0.29, 0.717) is 17.5 Å². The van der Waals surface area contributed by atoms with Crippen LogP contribution < -0.4 is 4.90 Å². The normalized spacial score (nSPS) is 19.4. The van der Waals surface area contributed by atoms with Gasteiger partial charge in [-0.15, -0.1) is 0 Å². The van der Waals surface area contributed by atoms with Crippen molar-refractivity contribution in [1.29, 1.82) is 0 Å². The first-order valence-corrected chi connectivity index (χ1v) is 6.78. The first kappa shape index (κ1) is 14.5. The highest BCUT2D eigenvalue weighted by atomic mass is 16.6. The summed E-state index contributed by atoms with van der Waals surface area (Å²) in [5.41, 5.74) is 0.886. The Hall–Kier alpha value is -1.95. The van der Waals surface area contributed by atoms with Crippen LogP contribution in [0.25, 0.3) is 0 Å². The van der Waals surface area contributed by atoms with Gasteiger partial charge in [-0.05, 0) is 18.9 Å². The molecule has 108 valence electrons. The molecule has 1 atom stereocenters. The Bertz CT molecular complexity index is 504. The average Bonchev–Trinajstić information content (AvgIpc) is 2.71. The minimum Gasteiger partial charge on any atom is -0.394 e. The van der Waals surface area contributed by atoms with Crippen molar-refractivity contribution < 1.29 is 14.8 Å². The fraction of sp³-hybridized carbons (Fsp3) is 0.500. The molecule has 6 heteroatoms. The zero-order valence-electron chi connectivity index (χ0n) is 11.2. The molecule has 1 N–H and O–H groups in total. The molecular weight excluding hydrogens is 260 g/mol. The largest absolute Gasteiger partial charge is 0.394 e. The number of hydrogen-bond donors (Lipinski definition) is 1. The number of carbonyl (C=O) groups is 1. The Morgan fingerprint density at radius 2 is 2.20 bits per heavy atom. The van der Waals surface area contributed by atoms with Crippen molar-refractivity contribution in [2.75, 3.05) is 18.1 Å². The fourth-order valence-corrected chi connectivity index (χ4v) is 2.70. The Kier molecular flexibility index (Phi) is 4.68. The number of rotatable bonds is 4. The van der Waals surface area contributed by atoms with Gasteiger partial charge in [-0.25, -0.2) is 0 Å². The lowest BCUT2D eigenvalue weighted by atomic mass is 10.1. The molecule has 0 aromatic heterocycles. The van der Waals surface area contributed by atoms with Crippen molar-refractivity contribution in [3.8, 4) is 0 Å². The maximum atomic E-state index is 11.2. The number of nitro benzene ring substituents is 1. The minimum atomic E-state index is -0.511. The summed E-state index contributed by atoms with van der Waals surface area (Å²) in [7, 11) is 0. The molecule has 1 aromatic rings. The molecule has 1 heterocycles. The lowest BCUT2D eigenvalue weighted by molar-refractivity contribution is -0.384. The van der Waals surface area contributed by atoms with Gasteiger partial charge in [-0.2, -0.15) is 0 Å². The van der Waals surface area contributed by atoms with Gasteiger partial charge in [0.2, 0.25) is 0 Å². The third kappa shape index (κ3) is 2.96. The highest BCUT2D eigenvalue weighted by molar-refractivity contribution is 5.86. The molecule has 20 heavy (non-hydrogen) atoms. The second-order valence-electron chi connectivity index (χ2n) is 5.00. The number of non-ortho nitro benzene ring substituents is 1. The van der Waals surface area contributed by atoms with Gasteiger partial charge in [-0.1, -0.05) is 12.8 Å². The number of carbonyl (C=O) groups excluding carboxylic acids is 1. The van der Waals surface area contributed by atoms with E-state index in [0.717, 1.165) is 32.2 Å². The molecular formula is C14H18N2O4. The topological polar surface area (TPSA) is 83.7 Å². The summed E-state index contributed by atoms with van der Waals surface area (Å²) in [5, 5.41) is 20.3. The summed E-state index contributed by atoms with van der Waals surface area (Å²) >= 11 is 0. The molecule has 1 aromatic carbocycles. The number of anilines is 1. The zero-order chi connectivity index (χ0) is 14.5. The van der Waals surface area contributed by atoms with Gasteiger partial charge < -0.3 is 10.0 Å². The van der Waals surface area contributed by atoms with E-state index in [9.17, 15) is 20.0 Å². The van der Waals surface area contributed by atoms with Gasteiger partial charge in [0.05, 0.1) is 17.6 Å². The van der Waals surface area contributed by atoms with Crippen molar-refractivity contribution >= 4 is 17.7 Å². The standard InChI is InChI=1S/C14H18N2O4/c17-9-11-8-12(16(19)20)5-6-14(11)15-7-3-1-2-4-13(15)10-18/h5-6,8-9,13,18H,1-4,7,10H2. The fourth-order valence-electron chi connectivity index (χ4n) is 2.70. The van der Waals surface area contributed by atoms with E-state index in [2.05, 4.69) is 0 Å². The van der Waals surface area contributed by atoms with Crippen molar-refractivity contribution in [2.24, 2.45) is 0 Å². The zero-order valence-corrected chi connectivity index (χ0v) is 11.2. The van der Waals surface area contributed by atoms with Crippen LogP contribution in [0, 0.1) is 10.1 Å². The lowest BCUT2D eigenvalue weighted by Crippen LogP contribution is -2.38. The Labute approximate surface area is 117 Å². The predicted octanol–water partition coefficient (Wildman–Crippen LogP) is 2.15. The number of aliphatic hydroxyl groups excluding tert-OH is 1. The van der Waals surface area contributed by atoms with E-state index >= 15 is 0 Å². The maximum absolute atomic E-state index is 11.2. The molecule has 0 saturated carbocycles. The molecule has 2 rings (SSSR count). The van der Waals surface area contributed by atoms with Crippen LogP contribution in [-0.4, -0.2) is 35.5 Å². The molecule has 0 aliphatic carbocycles. The van der Waals surface area contributed by atoms with Gasteiger partial charge in [-0.3, -0.25) is 14.9 Å². The van der Waals surface area contributed by atoms with Crippen LogP contribution in [0.3, 0.4) is 0 Å². The van der Waals surface area contributed by atoms with Crippen molar-refractivity contribution in [2.45, 2.75) is 31.7 Å². The summed E-state index contributed by atoms with van der Waals surface area (Å²) in [6, 6.07) is 4.27. The summed E-state index contributed by atoms with van der Waals surface area (Å²) < 4.78 is 0. The van der Waals surface area contributed by atoms with Crippen LogP contribution in [0.5, 0.6) is 0 Å². The maximum Gasteiger partial charge on any atom is 0.270 e. The SMILES string of the molecule is O=Cc1cc([N+](=O)[O-])ccc1N1CCCCCC1CO. The molecule has 1 fully saturated rings. The summed E-state index contributed by atoms with van der Waals surface area (Å²) in [6.45, 7) is 0.777. The number of aliphatic hydroxyl groups is 1. The van der Waals surface area contributed by atoms with Crippen LogP contribution in [0.4, 0.5) is 11.4 Å². The summed E-state index contributed by atoms with van der Waals surface area (Å²) in [4.78, 5) is 23.5. The second-order valence-corrected chi connectivity index (χ2v) is 5.00. The molecule has 1 unspecified atom stereocenters. The molecule has 0 bridgehead atoms. The van der Waals surface area contributed by atoms with Gasteiger partial charge in [0.1, 0.15) is 0 Å². The van der Waals surface area contributed by atoms with E-state index in [1.54, 1.807) is 6.07 Å². The number of hydrogen-bond acceptors (Lipinski definition) is 5. The van der Waals surface area contributed by atoms with Crippen LogP contribution in [-0.2, 0) is 0 Å². The van der Waals surface area contributed by atoms with Gasteiger partial charge in [0.25, 0.3) is 5.69 Å². The molecule has 0 amide bonds. The molecule has 6 nitrogen and oxygen atoms in total. The number of aldehydes is 1. The van der Waals surface area contributed by atoms with Crippen LogP contribution in [0.2, 0.25) is 0 Å². The second kappa shape index (κ2) is 6.47. The van der Waals surface area contributed by atoms with Gasteiger partial charge >= 0.3 is 0 Å². The van der Waals surface area contributed by atoms with Crippen LogP contribution in [0.1, 0.15) is 36.0 Å². The monoisotopic (exact) mass is 278 g/mol. The Morgan fingerprint density at radius 1 is 1.40 bits per heavy atom. The van der Waals surface area contributed by atoms with E-state index in [1.165, 1.54) is 12.1 Å². The molecule has 1 saturated heterocycles. The first-order chi connectivity index (χ1) is 9.67. The summed E-state index contributed by atoms with van der Waals surface area (Å²) in [6.07, 6.45) is 4.64.